The maximum absolute atomic E-state index is 12.4. The van der Waals surface area contributed by atoms with Crippen LogP contribution < -0.4 is 14.8 Å². The van der Waals surface area contributed by atoms with E-state index in [1.165, 1.54) is 0 Å². The fourth-order valence-electron chi connectivity index (χ4n) is 2.39. The van der Waals surface area contributed by atoms with Gasteiger partial charge in [0.25, 0.3) is 5.91 Å². The van der Waals surface area contributed by atoms with Gasteiger partial charge in [-0.2, -0.15) is 0 Å². The lowest BCUT2D eigenvalue weighted by molar-refractivity contribution is 0.0938. The number of hydrogen-bond acceptors (Lipinski definition) is 5. The molecule has 0 radical (unpaired) electrons. The van der Waals surface area contributed by atoms with Crippen molar-refractivity contribution >= 4 is 5.91 Å². The van der Waals surface area contributed by atoms with Crippen LogP contribution in [0.3, 0.4) is 0 Å². The molecule has 23 heavy (non-hydrogen) atoms. The molecule has 6 nitrogen and oxygen atoms in total. The van der Waals surface area contributed by atoms with Crippen LogP contribution in [0.4, 0.5) is 0 Å². The first-order valence-electron chi connectivity index (χ1n) is 7.52. The molecule has 0 aliphatic heterocycles. The van der Waals surface area contributed by atoms with E-state index in [1.807, 2.05) is 32.0 Å². The first-order valence-corrected chi connectivity index (χ1v) is 7.52. The predicted octanol–water partition coefficient (Wildman–Crippen LogP) is 3.19. The average Bonchev–Trinajstić information content (AvgIpc) is 2.86. The van der Waals surface area contributed by atoms with Crippen LogP contribution in [0.2, 0.25) is 0 Å². The van der Waals surface area contributed by atoms with Crippen molar-refractivity contribution in [2.24, 2.45) is 0 Å². The molecule has 1 unspecified atom stereocenters. The third kappa shape index (κ3) is 3.64. The molecule has 0 saturated heterocycles. The quantitative estimate of drug-likeness (QED) is 0.885. The van der Waals surface area contributed by atoms with Crippen molar-refractivity contribution in [3.05, 3.63) is 40.8 Å². The van der Waals surface area contributed by atoms with Gasteiger partial charge in [0.05, 0.1) is 25.5 Å². The van der Waals surface area contributed by atoms with Crippen molar-refractivity contribution < 1.29 is 18.8 Å². The number of amides is 1. The summed E-state index contributed by atoms with van der Waals surface area (Å²) in [6.07, 6.45) is 0. The molecule has 2 aromatic rings. The lowest BCUT2D eigenvalue weighted by Gasteiger charge is -2.17. The number of aromatic nitrogens is 1. The van der Waals surface area contributed by atoms with Crippen LogP contribution in [0, 0.1) is 13.8 Å². The van der Waals surface area contributed by atoms with E-state index < -0.39 is 0 Å². The molecular weight excluding hydrogens is 296 g/mol. The lowest BCUT2D eigenvalue weighted by atomic mass is 10.1. The van der Waals surface area contributed by atoms with Crippen LogP contribution in [0.25, 0.3) is 0 Å². The van der Waals surface area contributed by atoms with Gasteiger partial charge in [-0.25, -0.2) is 0 Å². The smallest absolute Gasteiger partial charge is 0.257 e. The second kappa shape index (κ2) is 7.17. The number of nitrogens with one attached hydrogen (secondary N) is 1. The maximum atomic E-state index is 12.4. The van der Waals surface area contributed by atoms with E-state index in [-0.39, 0.29) is 11.9 Å². The number of benzene rings is 1. The van der Waals surface area contributed by atoms with Gasteiger partial charge in [-0.1, -0.05) is 11.2 Å². The predicted molar refractivity (Wildman–Crippen MR) is 86.0 cm³/mol. The van der Waals surface area contributed by atoms with Crippen molar-refractivity contribution in [1.82, 2.24) is 10.5 Å². The highest BCUT2D eigenvalue weighted by atomic mass is 16.5. The number of nitrogens with zero attached hydrogens (tertiary/aromatic N) is 1. The SMILES string of the molecule is CCOc1ccc(C(C)NC(=O)c2c(C)noc2C)cc1OC. The van der Waals surface area contributed by atoms with Crippen molar-refractivity contribution in [2.75, 3.05) is 13.7 Å². The normalized spacial score (nSPS) is 11.9. The molecule has 1 aromatic heterocycles. The Hall–Kier alpha value is -2.50. The summed E-state index contributed by atoms with van der Waals surface area (Å²) in [4.78, 5) is 12.4. The molecule has 2 rings (SSSR count). The van der Waals surface area contributed by atoms with Crippen LogP contribution in [-0.2, 0) is 0 Å². The minimum atomic E-state index is -0.207. The Balaban J connectivity index is 2.17. The fourth-order valence-corrected chi connectivity index (χ4v) is 2.39. The minimum absolute atomic E-state index is 0.194. The highest BCUT2D eigenvalue weighted by Gasteiger charge is 2.20. The number of ether oxygens (including phenoxy) is 2. The van der Waals surface area contributed by atoms with Gasteiger partial charge in [0.1, 0.15) is 11.3 Å². The standard InChI is InChI=1S/C17H22N2O4/c1-6-22-14-8-7-13(9-15(14)21-5)10(2)18-17(20)16-11(3)19-23-12(16)4/h7-10H,6H2,1-5H3,(H,18,20). The van der Waals surface area contributed by atoms with Crippen molar-refractivity contribution in [3.8, 4) is 11.5 Å². The number of hydrogen-bond donors (Lipinski definition) is 1. The molecule has 0 spiro atoms. The van der Waals surface area contributed by atoms with E-state index in [0.717, 1.165) is 5.56 Å². The Bertz CT molecular complexity index is 674. The van der Waals surface area contributed by atoms with Crippen molar-refractivity contribution in [1.29, 1.82) is 0 Å². The topological polar surface area (TPSA) is 73.6 Å². The molecular formula is C17H22N2O4. The first kappa shape index (κ1) is 16.9. The maximum Gasteiger partial charge on any atom is 0.257 e. The summed E-state index contributed by atoms with van der Waals surface area (Å²) in [6.45, 7) is 7.86. The zero-order chi connectivity index (χ0) is 17.0. The Morgan fingerprint density at radius 1 is 1.35 bits per heavy atom. The molecule has 124 valence electrons. The molecule has 0 fully saturated rings. The molecule has 1 heterocycles. The number of rotatable bonds is 6. The van der Waals surface area contributed by atoms with Crippen molar-refractivity contribution in [2.45, 2.75) is 33.7 Å². The van der Waals surface area contributed by atoms with Gasteiger partial charge in [0.15, 0.2) is 11.5 Å². The highest BCUT2D eigenvalue weighted by molar-refractivity contribution is 5.96. The van der Waals surface area contributed by atoms with E-state index in [2.05, 4.69) is 10.5 Å². The molecule has 1 amide bonds. The minimum Gasteiger partial charge on any atom is -0.493 e. The third-order valence-electron chi connectivity index (χ3n) is 3.60. The average molecular weight is 318 g/mol. The Morgan fingerprint density at radius 2 is 2.09 bits per heavy atom. The van der Waals surface area contributed by atoms with E-state index in [1.54, 1.807) is 21.0 Å². The largest absolute Gasteiger partial charge is 0.493 e. The molecule has 6 heteroatoms. The summed E-state index contributed by atoms with van der Waals surface area (Å²) in [5, 5.41) is 6.75. The summed E-state index contributed by atoms with van der Waals surface area (Å²) < 4.78 is 15.9. The van der Waals surface area contributed by atoms with Gasteiger partial charge in [-0.05, 0) is 45.4 Å². The fraction of sp³-hybridized carbons (Fsp3) is 0.412. The summed E-state index contributed by atoms with van der Waals surface area (Å²) >= 11 is 0. The second-order valence-electron chi connectivity index (χ2n) is 5.24. The van der Waals surface area contributed by atoms with Crippen LogP contribution in [0.5, 0.6) is 11.5 Å². The highest BCUT2D eigenvalue weighted by Crippen LogP contribution is 2.30. The molecule has 1 atom stereocenters. The molecule has 0 bridgehead atoms. The van der Waals surface area contributed by atoms with Gasteiger partial charge in [-0.15, -0.1) is 0 Å². The number of carbonyl (C=O) groups is 1. The zero-order valence-corrected chi connectivity index (χ0v) is 14.1. The van der Waals surface area contributed by atoms with Gasteiger partial charge in [0, 0.05) is 0 Å². The van der Waals surface area contributed by atoms with E-state index >= 15 is 0 Å². The Kier molecular flexibility index (Phi) is 5.26. The van der Waals surface area contributed by atoms with Crippen LogP contribution in [0.15, 0.2) is 22.7 Å². The van der Waals surface area contributed by atoms with Gasteiger partial charge in [-0.3, -0.25) is 4.79 Å². The van der Waals surface area contributed by atoms with E-state index in [9.17, 15) is 4.79 Å². The summed E-state index contributed by atoms with van der Waals surface area (Å²) in [6, 6.07) is 5.42. The van der Waals surface area contributed by atoms with Gasteiger partial charge in [0.2, 0.25) is 0 Å². The van der Waals surface area contributed by atoms with Gasteiger partial charge >= 0.3 is 0 Å². The third-order valence-corrected chi connectivity index (χ3v) is 3.60. The van der Waals surface area contributed by atoms with Crippen LogP contribution in [0.1, 0.15) is 47.3 Å². The van der Waals surface area contributed by atoms with Crippen molar-refractivity contribution in [3.63, 3.8) is 0 Å². The van der Waals surface area contributed by atoms with Gasteiger partial charge < -0.3 is 19.3 Å². The zero-order valence-electron chi connectivity index (χ0n) is 14.1. The summed E-state index contributed by atoms with van der Waals surface area (Å²) in [5.41, 5.74) is 1.98. The van der Waals surface area contributed by atoms with Crippen LogP contribution >= 0.6 is 0 Å². The monoisotopic (exact) mass is 318 g/mol. The number of aryl methyl sites for hydroxylation is 2. The molecule has 0 aliphatic rings. The van der Waals surface area contributed by atoms with E-state index in [0.29, 0.717) is 35.1 Å². The Morgan fingerprint density at radius 3 is 2.65 bits per heavy atom. The molecule has 1 N–H and O–H groups in total. The number of methoxy groups -OCH3 is 1. The lowest BCUT2D eigenvalue weighted by Crippen LogP contribution is -2.27. The molecule has 1 aromatic carbocycles. The second-order valence-corrected chi connectivity index (χ2v) is 5.24. The Labute approximate surface area is 135 Å². The molecule has 0 saturated carbocycles. The summed E-state index contributed by atoms with van der Waals surface area (Å²) in [7, 11) is 1.59. The first-order chi connectivity index (χ1) is 11.0. The van der Waals surface area contributed by atoms with E-state index in [4.69, 9.17) is 14.0 Å². The number of carbonyl (C=O) groups excluding carboxylic acids is 1. The summed E-state index contributed by atoms with van der Waals surface area (Å²) in [5.74, 6) is 1.63. The molecule has 0 aliphatic carbocycles. The van der Waals surface area contributed by atoms with Crippen LogP contribution in [-0.4, -0.2) is 24.8 Å².